The fraction of sp³-hybridized carbons (Fsp3) is 0.609. The summed E-state index contributed by atoms with van der Waals surface area (Å²) in [5, 5.41) is 4.38. The highest BCUT2D eigenvalue weighted by Gasteiger charge is 2.26. The van der Waals surface area contributed by atoms with Crippen LogP contribution < -0.4 is 9.64 Å². The Hall–Kier alpha value is -2.09. The average molecular weight is 414 g/mol. The fourth-order valence-corrected chi connectivity index (χ4v) is 4.53. The van der Waals surface area contributed by atoms with Gasteiger partial charge < -0.3 is 14.4 Å². The van der Waals surface area contributed by atoms with E-state index in [4.69, 9.17) is 9.47 Å². The number of ether oxygens (including phenoxy) is 2. The fourth-order valence-electron chi connectivity index (χ4n) is 4.53. The summed E-state index contributed by atoms with van der Waals surface area (Å²) >= 11 is 0. The number of benzene rings is 1. The largest absolute Gasteiger partial charge is 0.497 e. The van der Waals surface area contributed by atoms with E-state index in [1.807, 2.05) is 17.9 Å². The van der Waals surface area contributed by atoms with Crippen molar-refractivity contribution in [1.29, 1.82) is 0 Å². The van der Waals surface area contributed by atoms with E-state index in [0.29, 0.717) is 6.04 Å². The highest BCUT2D eigenvalue weighted by molar-refractivity contribution is 5.49. The van der Waals surface area contributed by atoms with Crippen LogP contribution in [0.4, 0.5) is 5.69 Å². The van der Waals surface area contributed by atoms with Crippen molar-refractivity contribution in [2.45, 2.75) is 25.4 Å². The maximum Gasteiger partial charge on any atom is 0.119 e. The van der Waals surface area contributed by atoms with Crippen molar-refractivity contribution in [3.05, 3.63) is 42.2 Å². The second kappa shape index (κ2) is 10.3. The Morgan fingerprint density at radius 1 is 1.07 bits per heavy atom. The number of piperidine rings is 1. The highest BCUT2D eigenvalue weighted by Crippen LogP contribution is 2.25. The first kappa shape index (κ1) is 21.2. The Morgan fingerprint density at radius 3 is 2.43 bits per heavy atom. The van der Waals surface area contributed by atoms with E-state index in [0.717, 1.165) is 64.8 Å². The van der Waals surface area contributed by atoms with Gasteiger partial charge in [-0.15, -0.1) is 0 Å². The monoisotopic (exact) mass is 413 g/mol. The lowest BCUT2D eigenvalue weighted by atomic mass is 10.0. The summed E-state index contributed by atoms with van der Waals surface area (Å²) in [5.74, 6) is 0.916. The van der Waals surface area contributed by atoms with E-state index in [2.05, 4.69) is 50.1 Å². The summed E-state index contributed by atoms with van der Waals surface area (Å²) in [5.41, 5.74) is 2.58. The molecule has 0 bridgehead atoms. The second-order valence-corrected chi connectivity index (χ2v) is 8.29. The molecule has 7 heteroatoms. The van der Waals surface area contributed by atoms with Crippen LogP contribution in [0.15, 0.2) is 36.5 Å². The summed E-state index contributed by atoms with van der Waals surface area (Å²) in [6, 6.07) is 11.2. The summed E-state index contributed by atoms with van der Waals surface area (Å²) in [4.78, 5) is 7.71. The number of rotatable bonds is 8. The molecule has 30 heavy (non-hydrogen) atoms. The normalized spacial score (nSPS) is 18.8. The van der Waals surface area contributed by atoms with Gasteiger partial charge in [-0.25, -0.2) is 0 Å². The summed E-state index contributed by atoms with van der Waals surface area (Å²) in [7, 11) is 3.76. The molecule has 0 saturated carbocycles. The van der Waals surface area contributed by atoms with Gasteiger partial charge in [0.2, 0.25) is 0 Å². The van der Waals surface area contributed by atoms with E-state index in [9.17, 15) is 0 Å². The molecule has 0 atom stereocenters. The zero-order valence-corrected chi connectivity index (χ0v) is 18.4. The topological polar surface area (TPSA) is 46.0 Å². The van der Waals surface area contributed by atoms with Crippen LogP contribution in [0.5, 0.6) is 5.75 Å². The van der Waals surface area contributed by atoms with Gasteiger partial charge in [-0.1, -0.05) is 0 Å². The minimum absolute atomic E-state index is 0.607. The van der Waals surface area contributed by atoms with E-state index in [-0.39, 0.29) is 0 Å². The minimum Gasteiger partial charge on any atom is -0.497 e. The van der Waals surface area contributed by atoms with Crippen LogP contribution >= 0.6 is 0 Å². The van der Waals surface area contributed by atoms with Crippen LogP contribution in [0.1, 0.15) is 18.5 Å². The molecule has 164 valence electrons. The van der Waals surface area contributed by atoms with E-state index < -0.39 is 0 Å². The molecule has 2 aromatic rings. The second-order valence-electron chi connectivity index (χ2n) is 8.29. The van der Waals surface area contributed by atoms with Crippen LogP contribution in [-0.2, 0) is 18.3 Å². The number of methoxy groups -OCH3 is 1. The molecular weight excluding hydrogens is 378 g/mol. The van der Waals surface area contributed by atoms with E-state index in [1.165, 1.54) is 24.2 Å². The molecule has 2 aliphatic heterocycles. The number of anilines is 1. The number of nitrogens with zero attached hydrogens (tertiary/aromatic N) is 5. The number of hydrogen-bond donors (Lipinski definition) is 0. The van der Waals surface area contributed by atoms with Gasteiger partial charge in [-0.05, 0) is 43.2 Å². The molecule has 0 unspecified atom stereocenters. The van der Waals surface area contributed by atoms with Gasteiger partial charge in [-0.3, -0.25) is 14.5 Å². The predicted octanol–water partition coefficient (Wildman–Crippen LogP) is 2.23. The van der Waals surface area contributed by atoms with Crippen LogP contribution in [0.3, 0.4) is 0 Å². The SMILES string of the molecule is COc1ccc(N2CCC(N(CCN3CCOCC3)Cc3ccnn3C)CC2)cc1. The summed E-state index contributed by atoms with van der Waals surface area (Å²) in [6.07, 6.45) is 4.28. The van der Waals surface area contributed by atoms with Crippen molar-refractivity contribution in [3.63, 3.8) is 0 Å². The van der Waals surface area contributed by atoms with Crippen molar-refractivity contribution in [3.8, 4) is 5.75 Å². The maximum atomic E-state index is 5.51. The molecule has 4 rings (SSSR count). The summed E-state index contributed by atoms with van der Waals surface area (Å²) < 4.78 is 12.8. The average Bonchev–Trinajstić information content (AvgIpc) is 3.22. The molecular formula is C23H35N5O2. The molecule has 0 aliphatic carbocycles. The van der Waals surface area contributed by atoms with Gasteiger partial charge in [0, 0.05) is 70.8 Å². The number of morpholine rings is 1. The molecule has 3 heterocycles. The third-order valence-corrected chi connectivity index (χ3v) is 6.51. The van der Waals surface area contributed by atoms with Gasteiger partial charge in [0.05, 0.1) is 26.0 Å². The zero-order valence-electron chi connectivity index (χ0n) is 18.4. The van der Waals surface area contributed by atoms with Crippen molar-refractivity contribution in [2.24, 2.45) is 7.05 Å². The van der Waals surface area contributed by atoms with Gasteiger partial charge in [0.1, 0.15) is 5.75 Å². The summed E-state index contributed by atoms with van der Waals surface area (Å²) in [6.45, 7) is 9.19. The first-order chi connectivity index (χ1) is 14.7. The van der Waals surface area contributed by atoms with Gasteiger partial charge in [0.15, 0.2) is 0 Å². The standard InChI is InChI=1S/C23H35N5O2/c1-25-22(7-10-24-25)19-28(14-13-26-15-17-30-18-16-26)21-8-11-27(12-9-21)20-3-5-23(29-2)6-4-20/h3-7,10,21H,8-9,11-19H2,1-2H3. The molecule has 2 aliphatic rings. The maximum absolute atomic E-state index is 5.51. The first-order valence-electron chi connectivity index (χ1n) is 11.1. The molecule has 0 radical (unpaired) electrons. The molecule has 7 nitrogen and oxygen atoms in total. The Balaban J connectivity index is 1.36. The van der Waals surface area contributed by atoms with Crippen molar-refractivity contribution in [1.82, 2.24) is 19.6 Å². The van der Waals surface area contributed by atoms with Crippen molar-refractivity contribution < 1.29 is 9.47 Å². The molecule has 2 fully saturated rings. The molecule has 0 amide bonds. The molecule has 2 saturated heterocycles. The predicted molar refractivity (Wildman–Crippen MR) is 119 cm³/mol. The van der Waals surface area contributed by atoms with E-state index in [1.54, 1.807) is 7.11 Å². The Morgan fingerprint density at radius 2 is 1.80 bits per heavy atom. The molecule has 1 aromatic carbocycles. The lowest BCUT2D eigenvalue weighted by Gasteiger charge is -2.40. The molecule has 0 N–H and O–H groups in total. The van der Waals surface area contributed by atoms with Crippen molar-refractivity contribution >= 4 is 5.69 Å². The molecule has 0 spiro atoms. The Bertz CT molecular complexity index is 764. The number of aryl methyl sites for hydroxylation is 1. The van der Waals surface area contributed by atoms with Crippen LogP contribution in [0, 0.1) is 0 Å². The zero-order chi connectivity index (χ0) is 20.8. The molecule has 1 aromatic heterocycles. The van der Waals surface area contributed by atoms with Crippen LogP contribution in [0.2, 0.25) is 0 Å². The quantitative estimate of drug-likeness (QED) is 0.661. The lowest BCUT2D eigenvalue weighted by Crippen LogP contribution is -2.48. The van der Waals surface area contributed by atoms with Crippen LogP contribution in [0.25, 0.3) is 0 Å². The highest BCUT2D eigenvalue weighted by atomic mass is 16.5. The van der Waals surface area contributed by atoms with Crippen molar-refractivity contribution in [2.75, 3.05) is 64.5 Å². The first-order valence-corrected chi connectivity index (χ1v) is 11.1. The third kappa shape index (κ3) is 5.33. The number of aromatic nitrogens is 2. The van der Waals surface area contributed by atoms with Gasteiger partial charge in [-0.2, -0.15) is 5.10 Å². The Kier molecular flexibility index (Phi) is 7.25. The Labute approximate surface area is 180 Å². The van der Waals surface area contributed by atoms with E-state index >= 15 is 0 Å². The minimum atomic E-state index is 0.607. The van der Waals surface area contributed by atoms with Crippen LogP contribution in [-0.4, -0.2) is 85.2 Å². The number of hydrogen-bond acceptors (Lipinski definition) is 6. The third-order valence-electron chi connectivity index (χ3n) is 6.51. The van der Waals surface area contributed by atoms with Gasteiger partial charge in [0.25, 0.3) is 0 Å². The van der Waals surface area contributed by atoms with Gasteiger partial charge >= 0.3 is 0 Å². The lowest BCUT2D eigenvalue weighted by molar-refractivity contribution is 0.0287. The smallest absolute Gasteiger partial charge is 0.119 e.